The highest BCUT2D eigenvalue weighted by Gasteiger charge is 2.22. The number of carbonyl (C=O) groups excluding carboxylic acids is 1. The van der Waals surface area contributed by atoms with Gasteiger partial charge in [-0.25, -0.2) is 9.78 Å². The number of piperazine rings is 1. The third kappa shape index (κ3) is 4.32. The largest absolute Gasteiger partial charge is 0.372 e. The Bertz CT molecular complexity index is 735. The third-order valence-electron chi connectivity index (χ3n) is 5.38. The number of nitrogens with one attached hydrogen (secondary N) is 1. The number of hydrogen-bond acceptors (Lipinski definition) is 4. The smallest absolute Gasteiger partial charge is 0.321 e. The summed E-state index contributed by atoms with van der Waals surface area (Å²) >= 11 is 0. The highest BCUT2D eigenvalue weighted by atomic mass is 16.2. The summed E-state index contributed by atoms with van der Waals surface area (Å²) in [4.78, 5) is 23.5. The average Bonchev–Trinajstić information content (AvgIpc) is 2.76. The highest BCUT2D eigenvalue weighted by Crippen LogP contribution is 2.22. The molecule has 4 rings (SSSR count). The summed E-state index contributed by atoms with van der Waals surface area (Å²) in [6, 6.07) is 14.1. The van der Waals surface area contributed by atoms with Crippen molar-refractivity contribution in [3.8, 4) is 0 Å². The topological polar surface area (TPSA) is 51.7 Å². The Balaban J connectivity index is 1.29. The SMILES string of the molecule is O=C(Nc1ccc(N2CCCCC2)cc1)N1CCN(c2ccccn2)CC1. The van der Waals surface area contributed by atoms with Crippen LogP contribution in [0.2, 0.25) is 0 Å². The van der Waals surface area contributed by atoms with Crippen molar-refractivity contribution in [2.75, 3.05) is 54.4 Å². The number of amides is 2. The molecule has 142 valence electrons. The van der Waals surface area contributed by atoms with Crippen LogP contribution in [0, 0.1) is 0 Å². The molecule has 0 saturated carbocycles. The van der Waals surface area contributed by atoms with Gasteiger partial charge in [0.1, 0.15) is 5.82 Å². The highest BCUT2D eigenvalue weighted by molar-refractivity contribution is 5.89. The lowest BCUT2D eigenvalue weighted by Crippen LogP contribution is -2.50. The minimum absolute atomic E-state index is 0.0265. The molecule has 2 fully saturated rings. The predicted molar refractivity (Wildman–Crippen MR) is 110 cm³/mol. The quantitative estimate of drug-likeness (QED) is 0.905. The van der Waals surface area contributed by atoms with E-state index in [-0.39, 0.29) is 6.03 Å². The van der Waals surface area contributed by atoms with Gasteiger partial charge >= 0.3 is 6.03 Å². The molecule has 0 unspecified atom stereocenters. The van der Waals surface area contributed by atoms with Crippen molar-refractivity contribution in [3.05, 3.63) is 48.7 Å². The Hall–Kier alpha value is -2.76. The Morgan fingerprint density at radius 1 is 0.815 bits per heavy atom. The lowest BCUT2D eigenvalue weighted by molar-refractivity contribution is 0.208. The zero-order valence-electron chi connectivity index (χ0n) is 15.7. The summed E-state index contributed by atoms with van der Waals surface area (Å²) < 4.78 is 0. The molecule has 0 spiro atoms. The second kappa shape index (κ2) is 8.29. The van der Waals surface area contributed by atoms with E-state index in [2.05, 4.69) is 32.2 Å². The minimum Gasteiger partial charge on any atom is -0.372 e. The van der Waals surface area contributed by atoms with Gasteiger partial charge in [0, 0.05) is 56.8 Å². The fraction of sp³-hybridized carbons (Fsp3) is 0.429. The molecule has 0 aliphatic carbocycles. The van der Waals surface area contributed by atoms with Crippen LogP contribution < -0.4 is 15.1 Å². The van der Waals surface area contributed by atoms with Gasteiger partial charge in [-0.15, -0.1) is 0 Å². The van der Waals surface area contributed by atoms with Crippen molar-refractivity contribution in [2.45, 2.75) is 19.3 Å². The molecule has 6 heteroatoms. The van der Waals surface area contributed by atoms with E-state index in [0.717, 1.165) is 37.7 Å². The second-order valence-corrected chi connectivity index (χ2v) is 7.19. The van der Waals surface area contributed by atoms with Crippen LogP contribution in [-0.4, -0.2) is 55.2 Å². The van der Waals surface area contributed by atoms with Crippen LogP contribution in [0.25, 0.3) is 0 Å². The predicted octanol–water partition coefficient (Wildman–Crippen LogP) is 3.43. The van der Waals surface area contributed by atoms with E-state index in [9.17, 15) is 4.79 Å². The lowest BCUT2D eigenvalue weighted by Gasteiger charge is -2.35. The molecular formula is C21H27N5O. The summed E-state index contributed by atoms with van der Waals surface area (Å²) in [6.07, 6.45) is 5.67. The fourth-order valence-corrected chi connectivity index (χ4v) is 3.79. The molecule has 0 atom stereocenters. The molecule has 2 aromatic rings. The molecule has 2 amide bonds. The van der Waals surface area contributed by atoms with Crippen LogP contribution in [0.5, 0.6) is 0 Å². The number of nitrogens with zero attached hydrogens (tertiary/aromatic N) is 4. The maximum Gasteiger partial charge on any atom is 0.321 e. The van der Waals surface area contributed by atoms with E-state index in [4.69, 9.17) is 0 Å². The van der Waals surface area contributed by atoms with Gasteiger partial charge in [-0.05, 0) is 55.7 Å². The number of aromatic nitrogens is 1. The first-order valence-electron chi connectivity index (χ1n) is 9.86. The van der Waals surface area contributed by atoms with Gasteiger partial charge in [-0.3, -0.25) is 0 Å². The number of piperidine rings is 1. The van der Waals surface area contributed by atoms with Gasteiger partial charge in [-0.2, -0.15) is 0 Å². The summed E-state index contributed by atoms with van der Waals surface area (Å²) in [7, 11) is 0. The van der Waals surface area contributed by atoms with Crippen molar-refractivity contribution >= 4 is 23.2 Å². The van der Waals surface area contributed by atoms with E-state index in [1.807, 2.05) is 41.4 Å². The molecule has 1 aromatic carbocycles. The first-order chi connectivity index (χ1) is 13.3. The van der Waals surface area contributed by atoms with Crippen LogP contribution in [0.1, 0.15) is 19.3 Å². The Kier molecular flexibility index (Phi) is 5.42. The van der Waals surface area contributed by atoms with Gasteiger partial charge in [0.05, 0.1) is 0 Å². The molecule has 0 radical (unpaired) electrons. The number of urea groups is 1. The first kappa shape index (κ1) is 17.6. The van der Waals surface area contributed by atoms with E-state index < -0.39 is 0 Å². The fourth-order valence-electron chi connectivity index (χ4n) is 3.79. The van der Waals surface area contributed by atoms with Crippen LogP contribution in [-0.2, 0) is 0 Å². The molecule has 2 aliphatic heterocycles. The molecule has 1 N–H and O–H groups in total. The maximum absolute atomic E-state index is 12.6. The van der Waals surface area contributed by atoms with Crippen molar-refractivity contribution in [2.24, 2.45) is 0 Å². The Morgan fingerprint density at radius 3 is 2.22 bits per heavy atom. The van der Waals surface area contributed by atoms with Gasteiger partial charge < -0.3 is 20.0 Å². The van der Waals surface area contributed by atoms with Gasteiger partial charge in [-0.1, -0.05) is 6.07 Å². The van der Waals surface area contributed by atoms with Crippen molar-refractivity contribution in [3.63, 3.8) is 0 Å². The van der Waals surface area contributed by atoms with Gasteiger partial charge in [0.15, 0.2) is 0 Å². The van der Waals surface area contributed by atoms with Crippen LogP contribution in [0.15, 0.2) is 48.7 Å². The lowest BCUT2D eigenvalue weighted by atomic mass is 10.1. The average molecular weight is 365 g/mol. The van der Waals surface area contributed by atoms with Crippen molar-refractivity contribution < 1.29 is 4.79 Å². The van der Waals surface area contributed by atoms with E-state index in [1.54, 1.807) is 0 Å². The molecule has 0 bridgehead atoms. The van der Waals surface area contributed by atoms with E-state index in [0.29, 0.717) is 13.1 Å². The van der Waals surface area contributed by atoms with Crippen molar-refractivity contribution in [1.82, 2.24) is 9.88 Å². The summed E-state index contributed by atoms with van der Waals surface area (Å²) in [5.41, 5.74) is 2.10. The minimum atomic E-state index is -0.0265. The molecule has 1 aromatic heterocycles. The Labute approximate surface area is 160 Å². The molecule has 6 nitrogen and oxygen atoms in total. The summed E-state index contributed by atoms with van der Waals surface area (Å²) in [6.45, 7) is 5.28. The first-order valence-corrected chi connectivity index (χ1v) is 9.86. The summed E-state index contributed by atoms with van der Waals surface area (Å²) in [5, 5.41) is 3.03. The maximum atomic E-state index is 12.6. The van der Waals surface area contributed by atoms with Crippen molar-refractivity contribution in [1.29, 1.82) is 0 Å². The standard InChI is InChI=1S/C21H27N5O/c27-21(26-16-14-25(15-17-26)20-6-2-3-11-22-20)23-18-7-9-19(10-8-18)24-12-4-1-5-13-24/h2-3,6-11H,1,4-5,12-17H2,(H,23,27). The second-order valence-electron chi connectivity index (χ2n) is 7.19. The molecule has 3 heterocycles. The van der Waals surface area contributed by atoms with E-state index in [1.165, 1.54) is 24.9 Å². The van der Waals surface area contributed by atoms with E-state index >= 15 is 0 Å². The molecule has 2 saturated heterocycles. The number of carbonyl (C=O) groups is 1. The molecular weight excluding hydrogens is 338 g/mol. The Morgan fingerprint density at radius 2 is 1.56 bits per heavy atom. The molecule has 2 aliphatic rings. The van der Waals surface area contributed by atoms with Crippen LogP contribution >= 0.6 is 0 Å². The number of hydrogen-bond donors (Lipinski definition) is 1. The number of benzene rings is 1. The monoisotopic (exact) mass is 365 g/mol. The van der Waals surface area contributed by atoms with Crippen LogP contribution in [0.4, 0.5) is 22.0 Å². The zero-order valence-corrected chi connectivity index (χ0v) is 15.7. The number of rotatable bonds is 3. The number of pyridine rings is 1. The zero-order chi connectivity index (χ0) is 18.5. The summed E-state index contributed by atoms with van der Waals surface area (Å²) in [5.74, 6) is 0.978. The van der Waals surface area contributed by atoms with Gasteiger partial charge in [0.25, 0.3) is 0 Å². The third-order valence-corrected chi connectivity index (χ3v) is 5.38. The van der Waals surface area contributed by atoms with Gasteiger partial charge in [0.2, 0.25) is 0 Å². The number of anilines is 3. The normalized spacial score (nSPS) is 17.7. The molecule has 27 heavy (non-hydrogen) atoms. The van der Waals surface area contributed by atoms with Crippen LogP contribution in [0.3, 0.4) is 0 Å².